The van der Waals surface area contributed by atoms with Crippen LogP contribution < -0.4 is 0 Å². The number of benzene rings is 4. The van der Waals surface area contributed by atoms with Gasteiger partial charge in [-0.3, -0.25) is 0 Å². The first-order valence-electron chi connectivity index (χ1n) is 22.9. The molecule has 0 fully saturated rings. The Bertz CT molecular complexity index is 2180. The third-order valence-electron chi connectivity index (χ3n) is 14.2. The Labute approximate surface area is 375 Å². The van der Waals surface area contributed by atoms with Crippen LogP contribution in [0.2, 0.25) is 13.1 Å². The zero-order chi connectivity index (χ0) is 45.1. The molecule has 0 nitrogen and oxygen atoms in total. The minimum absolute atomic E-state index is 0.0180. The summed E-state index contributed by atoms with van der Waals surface area (Å²) in [5, 5.41) is 0. The molecule has 0 saturated heterocycles. The molecule has 0 amide bonds. The van der Waals surface area contributed by atoms with Crippen LogP contribution in [0.5, 0.6) is 0 Å². The van der Waals surface area contributed by atoms with Crippen LogP contribution in [-0.2, 0) is 37.2 Å². The van der Waals surface area contributed by atoms with Crippen LogP contribution in [0, 0.1) is 0 Å². The summed E-state index contributed by atoms with van der Waals surface area (Å²) in [7, 11) is 17.9. The van der Waals surface area contributed by atoms with E-state index in [1.54, 1.807) is 0 Å². The van der Waals surface area contributed by atoms with Crippen molar-refractivity contribution in [2.24, 2.45) is 0 Å². The summed E-state index contributed by atoms with van der Waals surface area (Å²) in [6, 6.07) is 24.7. The van der Waals surface area contributed by atoms with E-state index >= 15 is 0 Å². The molecule has 0 radical (unpaired) electrons. The summed E-state index contributed by atoms with van der Waals surface area (Å²) in [4.78, 5) is 0. The average molecular weight is 940 g/mol. The SMILES string of the molecule is CC1=Cc2c(-c3cc(C(C)(C)C)cc(C(C)(C)C)c3)cc(C(C)C)cc2[CH]1[Zr]([Cl])([Cl])([CH]1C(C)=Cc2c(-c3cc(C(C)(C)C)cc(C(C)(C)C)c3)cc(C(C)C)cc21)[SiH](C)C. The van der Waals surface area contributed by atoms with E-state index in [0.29, 0.717) is 11.8 Å². The monoisotopic (exact) mass is 937 g/mol. The zero-order valence-electron chi connectivity index (χ0n) is 41.1. The second-order valence-corrected chi connectivity index (χ2v) is 66.6. The van der Waals surface area contributed by atoms with E-state index in [-0.39, 0.29) is 28.9 Å². The zero-order valence-corrected chi connectivity index (χ0v) is 46.2. The van der Waals surface area contributed by atoms with E-state index in [1.165, 1.54) is 89.0 Å². The molecule has 4 aromatic carbocycles. The molecule has 2 atom stereocenters. The van der Waals surface area contributed by atoms with Crippen molar-refractivity contribution < 1.29 is 15.6 Å². The van der Waals surface area contributed by atoms with Gasteiger partial charge >= 0.3 is 379 Å². The van der Waals surface area contributed by atoms with Gasteiger partial charge < -0.3 is 0 Å². The van der Waals surface area contributed by atoms with E-state index in [0.717, 1.165) is 0 Å². The van der Waals surface area contributed by atoms with Crippen molar-refractivity contribution in [1.29, 1.82) is 0 Å². The standard InChI is InChI=1S/2C27H35.C2H7Si.2ClH.Zr/c2*1-17(2)19-12-20-10-18(3)11-24(20)25(15-19)21-13-22(26(4,5)6)16-23(14-21)27(7,8)9;1-3-2;;;/h2*10-17H,1-9H3;3H,1-2H3;2*1H;/q;;;;;+2/p-2. The molecule has 2 aliphatic carbocycles. The van der Waals surface area contributed by atoms with Crippen LogP contribution in [-0.4, -0.2) is 5.92 Å². The summed E-state index contributed by atoms with van der Waals surface area (Å²) >= 11 is -5.02. The molecule has 2 aliphatic rings. The molecule has 6 rings (SSSR count). The summed E-state index contributed by atoms with van der Waals surface area (Å²) in [6.07, 6.45) is 4.98. The van der Waals surface area contributed by atoms with Gasteiger partial charge in [0.2, 0.25) is 0 Å². The molecule has 0 aromatic heterocycles. The molecular weight excluding hydrogens is 863 g/mol. The predicted octanol–water partition coefficient (Wildman–Crippen LogP) is 18.1. The molecule has 4 aromatic rings. The van der Waals surface area contributed by atoms with Crippen LogP contribution >= 0.6 is 17.0 Å². The number of fused-ring (bicyclic) bond motifs is 2. The molecule has 0 saturated carbocycles. The molecule has 0 aliphatic heterocycles. The van der Waals surface area contributed by atoms with Crippen molar-refractivity contribution in [2.75, 3.05) is 0 Å². The van der Waals surface area contributed by atoms with Crippen molar-refractivity contribution >= 4 is 35.1 Å². The van der Waals surface area contributed by atoms with Gasteiger partial charge in [-0.05, 0) is 0 Å². The Morgan fingerprint density at radius 1 is 0.467 bits per heavy atom. The van der Waals surface area contributed by atoms with Gasteiger partial charge in [0.15, 0.2) is 0 Å². The van der Waals surface area contributed by atoms with Crippen LogP contribution in [0.3, 0.4) is 0 Å². The number of hydrogen-bond donors (Lipinski definition) is 0. The first-order valence-corrected chi connectivity index (χ1v) is 39.2. The molecule has 323 valence electrons. The Balaban J connectivity index is 1.66. The van der Waals surface area contributed by atoms with Gasteiger partial charge in [-0.1, -0.05) is 0 Å². The number of hydrogen-bond acceptors (Lipinski definition) is 0. The van der Waals surface area contributed by atoms with Crippen molar-refractivity contribution in [1.82, 2.24) is 0 Å². The second kappa shape index (κ2) is 15.6. The molecule has 2 unspecified atom stereocenters. The van der Waals surface area contributed by atoms with Crippen molar-refractivity contribution in [2.45, 2.75) is 178 Å². The van der Waals surface area contributed by atoms with Crippen LogP contribution in [0.1, 0.15) is 199 Å². The van der Waals surface area contributed by atoms with E-state index < -0.39 is 21.5 Å². The van der Waals surface area contributed by atoms with Crippen LogP contribution in [0.25, 0.3) is 34.4 Å². The predicted molar refractivity (Wildman–Crippen MR) is 270 cm³/mol. The summed E-state index contributed by atoms with van der Waals surface area (Å²) < 4.78 is 0.0629. The third kappa shape index (κ3) is 8.41. The minimum atomic E-state index is -5.02. The van der Waals surface area contributed by atoms with E-state index in [1.807, 2.05) is 0 Å². The quantitative estimate of drug-likeness (QED) is 0.162. The van der Waals surface area contributed by atoms with Gasteiger partial charge in [-0.25, -0.2) is 0 Å². The number of allylic oxidation sites excluding steroid dienone is 2. The number of halogens is 2. The first kappa shape index (κ1) is 47.5. The van der Waals surface area contributed by atoms with E-state index in [9.17, 15) is 0 Å². The first-order chi connectivity index (χ1) is 27.2. The fourth-order valence-corrected chi connectivity index (χ4v) is 42.9. The van der Waals surface area contributed by atoms with Crippen LogP contribution in [0.4, 0.5) is 0 Å². The van der Waals surface area contributed by atoms with Gasteiger partial charge in [0.1, 0.15) is 0 Å². The topological polar surface area (TPSA) is 0 Å². The van der Waals surface area contributed by atoms with Gasteiger partial charge in [-0.2, -0.15) is 0 Å². The third-order valence-corrected chi connectivity index (χ3v) is 66.5. The molecule has 0 N–H and O–H groups in total. The van der Waals surface area contributed by atoms with Gasteiger partial charge in [0, 0.05) is 0 Å². The Morgan fingerprint density at radius 3 is 0.983 bits per heavy atom. The molecular formula is C56H77Cl2SiZr. The summed E-state index contributed by atoms with van der Waals surface area (Å²) in [6.45, 7) is 47.1. The van der Waals surface area contributed by atoms with Crippen molar-refractivity contribution in [3.8, 4) is 22.3 Å². The maximum absolute atomic E-state index is 8.94. The van der Waals surface area contributed by atoms with Gasteiger partial charge in [0.05, 0.1) is 0 Å². The van der Waals surface area contributed by atoms with Crippen molar-refractivity contribution in [3.05, 3.63) is 127 Å². The molecule has 60 heavy (non-hydrogen) atoms. The fraction of sp³-hybridized carbons (Fsp3) is 0.500. The normalized spacial score (nSPS) is 18.2. The molecule has 0 spiro atoms. The van der Waals surface area contributed by atoms with E-state index in [2.05, 4.69) is 211 Å². The molecule has 0 heterocycles. The Morgan fingerprint density at radius 2 is 0.750 bits per heavy atom. The fourth-order valence-electron chi connectivity index (χ4n) is 10.1. The van der Waals surface area contributed by atoms with Gasteiger partial charge in [-0.15, -0.1) is 0 Å². The van der Waals surface area contributed by atoms with Crippen molar-refractivity contribution in [3.63, 3.8) is 0 Å². The Hall–Kier alpha value is -1.96. The van der Waals surface area contributed by atoms with Crippen LogP contribution in [0.15, 0.2) is 71.8 Å². The van der Waals surface area contributed by atoms with Gasteiger partial charge in [0.25, 0.3) is 0 Å². The second-order valence-electron chi connectivity index (χ2n) is 24.1. The molecule has 0 bridgehead atoms. The van der Waals surface area contributed by atoms with E-state index in [4.69, 9.17) is 17.0 Å². The Kier molecular flexibility index (Phi) is 12.4. The molecule has 4 heteroatoms. The summed E-state index contributed by atoms with van der Waals surface area (Å²) in [5.41, 5.74) is 21.7. The average Bonchev–Trinajstić information content (AvgIpc) is 3.65. The number of rotatable bonds is 7. The maximum atomic E-state index is 8.94. The summed E-state index contributed by atoms with van der Waals surface area (Å²) in [5.74, 6) is -1.02.